The molecule has 0 unspecified atom stereocenters. The van der Waals surface area contributed by atoms with Gasteiger partial charge in [0, 0.05) is 6.54 Å². The van der Waals surface area contributed by atoms with Gasteiger partial charge in [0.25, 0.3) is 0 Å². The maximum Gasteiger partial charge on any atom is 0.129 e. The number of likely N-dealkylation sites (tertiary alicyclic amines) is 1. The van der Waals surface area contributed by atoms with Crippen LogP contribution in [0.15, 0.2) is 18.2 Å². The highest BCUT2D eigenvalue weighted by Crippen LogP contribution is 2.13. The molecule has 1 fully saturated rings. The van der Waals surface area contributed by atoms with Crippen LogP contribution < -0.4 is 0 Å². The van der Waals surface area contributed by atoms with Crippen LogP contribution in [0.5, 0.6) is 0 Å². The van der Waals surface area contributed by atoms with E-state index in [2.05, 4.69) is 16.0 Å². The largest absolute Gasteiger partial charge is 0.298 e. The second-order valence-corrected chi connectivity index (χ2v) is 4.88. The van der Waals surface area contributed by atoms with Crippen molar-refractivity contribution in [3.63, 3.8) is 0 Å². The highest BCUT2D eigenvalue weighted by molar-refractivity contribution is 6.29. The second kappa shape index (κ2) is 6.21. The molecular formula is C13H19ClN2. The molecule has 3 heteroatoms. The SMILES string of the molecule is Clc1cccc(CN2CCCCCCC2)n1. The summed E-state index contributed by atoms with van der Waals surface area (Å²) in [6.07, 6.45) is 6.79. The smallest absolute Gasteiger partial charge is 0.129 e. The average molecular weight is 239 g/mol. The summed E-state index contributed by atoms with van der Waals surface area (Å²) in [5.41, 5.74) is 1.09. The van der Waals surface area contributed by atoms with Crippen LogP contribution in [-0.2, 0) is 6.54 Å². The molecule has 0 radical (unpaired) electrons. The molecule has 0 spiro atoms. The normalized spacial score (nSPS) is 19.1. The van der Waals surface area contributed by atoms with E-state index < -0.39 is 0 Å². The Labute approximate surface area is 103 Å². The van der Waals surface area contributed by atoms with E-state index in [1.54, 1.807) is 0 Å². The van der Waals surface area contributed by atoms with Crippen molar-refractivity contribution >= 4 is 11.6 Å². The Bertz CT molecular complexity index is 319. The van der Waals surface area contributed by atoms with E-state index in [4.69, 9.17) is 11.6 Å². The van der Waals surface area contributed by atoms with Gasteiger partial charge >= 0.3 is 0 Å². The lowest BCUT2D eigenvalue weighted by Crippen LogP contribution is -2.27. The Kier molecular flexibility index (Phi) is 4.61. The summed E-state index contributed by atoms with van der Waals surface area (Å²) in [5, 5.41) is 0.601. The fraction of sp³-hybridized carbons (Fsp3) is 0.615. The van der Waals surface area contributed by atoms with Crippen LogP contribution >= 0.6 is 11.6 Å². The van der Waals surface area contributed by atoms with Gasteiger partial charge in [-0.2, -0.15) is 0 Å². The number of rotatable bonds is 2. The lowest BCUT2D eigenvalue weighted by Gasteiger charge is -2.23. The van der Waals surface area contributed by atoms with Gasteiger partial charge in [0.2, 0.25) is 0 Å². The van der Waals surface area contributed by atoms with Crippen LogP contribution in [0.25, 0.3) is 0 Å². The Morgan fingerprint density at radius 3 is 2.44 bits per heavy atom. The Hall–Kier alpha value is -0.600. The van der Waals surface area contributed by atoms with Gasteiger partial charge in [0.15, 0.2) is 0 Å². The van der Waals surface area contributed by atoms with E-state index in [1.807, 2.05) is 12.1 Å². The first kappa shape index (κ1) is 11.9. The van der Waals surface area contributed by atoms with Crippen molar-refractivity contribution in [2.45, 2.75) is 38.6 Å². The number of aromatic nitrogens is 1. The van der Waals surface area contributed by atoms with Gasteiger partial charge in [-0.25, -0.2) is 4.98 Å². The zero-order valence-corrected chi connectivity index (χ0v) is 10.4. The predicted molar refractivity (Wildman–Crippen MR) is 67.6 cm³/mol. The Morgan fingerprint density at radius 2 is 1.75 bits per heavy atom. The van der Waals surface area contributed by atoms with Crippen molar-refractivity contribution < 1.29 is 0 Å². The zero-order valence-electron chi connectivity index (χ0n) is 9.66. The minimum absolute atomic E-state index is 0.601. The third kappa shape index (κ3) is 3.76. The van der Waals surface area contributed by atoms with E-state index >= 15 is 0 Å². The van der Waals surface area contributed by atoms with Crippen molar-refractivity contribution in [2.24, 2.45) is 0 Å². The summed E-state index contributed by atoms with van der Waals surface area (Å²) in [4.78, 5) is 6.84. The monoisotopic (exact) mass is 238 g/mol. The molecule has 0 aliphatic carbocycles. The molecule has 0 aromatic carbocycles. The van der Waals surface area contributed by atoms with Crippen LogP contribution in [-0.4, -0.2) is 23.0 Å². The molecule has 0 amide bonds. The van der Waals surface area contributed by atoms with Crippen molar-refractivity contribution in [3.05, 3.63) is 29.0 Å². The molecule has 2 heterocycles. The van der Waals surface area contributed by atoms with Gasteiger partial charge in [-0.05, 0) is 38.1 Å². The van der Waals surface area contributed by atoms with Gasteiger partial charge in [-0.3, -0.25) is 4.90 Å². The van der Waals surface area contributed by atoms with Crippen LogP contribution in [0, 0.1) is 0 Å². The summed E-state index contributed by atoms with van der Waals surface area (Å²) < 4.78 is 0. The molecule has 0 saturated carbocycles. The molecule has 88 valence electrons. The van der Waals surface area contributed by atoms with E-state index in [9.17, 15) is 0 Å². The van der Waals surface area contributed by atoms with Gasteiger partial charge < -0.3 is 0 Å². The molecule has 0 bridgehead atoms. The van der Waals surface area contributed by atoms with Crippen molar-refractivity contribution in [2.75, 3.05) is 13.1 Å². The van der Waals surface area contributed by atoms with E-state index in [0.717, 1.165) is 12.2 Å². The average Bonchev–Trinajstić information content (AvgIpc) is 2.22. The van der Waals surface area contributed by atoms with Crippen molar-refractivity contribution in [1.82, 2.24) is 9.88 Å². The maximum absolute atomic E-state index is 5.89. The molecular weight excluding hydrogens is 220 g/mol. The molecule has 2 nitrogen and oxygen atoms in total. The standard InChI is InChI=1S/C13H19ClN2/c14-13-8-6-7-12(15-13)11-16-9-4-2-1-3-5-10-16/h6-8H,1-5,9-11H2. The lowest BCUT2D eigenvalue weighted by atomic mass is 10.1. The van der Waals surface area contributed by atoms with Crippen molar-refractivity contribution in [1.29, 1.82) is 0 Å². The molecule has 1 saturated heterocycles. The molecule has 2 rings (SSSR count). The molecule has 16 heavy (non-hydrogen) atoms. The summed E-state index contributed by atoms with van der Waals surface area (Å²) >= 11 is 5.89. The predicted octanol–water partition coefficient (Wildman–Crippen LogP) is 3.50. The quantitative estimate of drug-likeness (QED) is 0.734. The van der Waals surface area contributed by atoms with Crippen LogP contribution in [0.3, 0.4) is 0 Å². The van der Waals surface area contributed by atoms with Gasteiger partial charge in [-0.1, -0.05) is 36.9 Å². The summed E-state index contributed by atoms with van der Waals surface area (Å²) in [7, 11) is 0. The van der Waals surface area contributed by atoms with Gasteiger partial charge in [0.1, 0.15) is 5.15 Å². The molecule has 1 aliphatic heterocycles. The minimum Gasteiger partial charge on any atom is -0.298 e. The first-order valence-electron chi connectivity index (χ1n) is 6.18. The Balaban J connectivity index is 1.91. The molecule has 1 aromatic rings. The summed E-state index contributed by atoms with van der Waals surface area (Å²) in [6, 6.07) is 5.87. The molecule has 1 aliphatic rings. The Morgan fingerprint density at radius 1 is 1.06 bits per heavy atom. The molecule has 1 aromatic heterocycles. The molecule has 0 atom stereocenters. The van der Waals surface area contributed by atoms with E-state index in [0.29, 0.717) is 5.15 Å². The van der Waals surface area contributed by atoms with Crippen LogP contribution in [0.1, 0.15) is 37.8 Å². The first-order chi connectivity index (χ1) is 7.84. The fourth-order valence-corrected chi connectivity index (χ4v) is 2.42. The highest BCUT2D eigenvalue weighted by Gasteiger charge is 2.09. The minimum atomic E-state index is 0.601. The lowest BCUT2D eigenvalue weighted by molar-refractivity contribution is 0.237. The summed E-state index contributed by atoms with van der Waals surface area (Å²) in [6.45, 7) is 3.35. The fourth-order valence-electron chi connectivity index (χ4n) is 2.24. The van der Waals surface area contributed by atoms with Gasteiger partial charge in [0.05, 0.1) is 5.69 Å². The second-order valence-electron chi connectivity index (χ2n) is 4.50. The maximum atomic E-state index is 5.89. The number of nitrogens with zero attached hydrogens (tertiary/aromatic N) is 2. The third-order valence-corrected chi connectivity index (χ3v) is 3.32. The highest BCUT2D eigenvalue weighted by atomic mass is 35.5. The number of hydrogen-bond acceptors (Lipinski definition) is 2. The number of hydrogen-bond donors (Lipinski definition) is 0. The first-order valence-corrected chi connectivity index (χ1v) is 6.56. The van der Waals surface area contributed by atoms with Crippen LogP contribution in [0.4, 0.5) is 0 Å². The topological polar surface area (TPSA) is 16.1 Å². The number of halogens is 1. The van der Waals surface area contributed by atoms with E-state index in [1.165, 1.54) is 45.2 Å². The van der Waals surface area contributed by atoms with Crippen LogP contribution in [0.2, 0.25) is 5.15 Å². The van der Waals surface area contributed by atoms with E-state index in [-0.39, 0.29) is 0 Å². The molecule has 0 N–H and O–H groups in total. The third-order valence-electron chi connectivity index (χ3n) is 3.11. The van der Waals surface area contributed by atoms with Gasteiger partial charge in [-0.15, -0.1) is 0 Å². The number of pyridine rings is 1. The zero-order chi connectivity index (χ0) is 11.2. The van der Waals surface area contributed by atoms with Crippen molar-refractivity contribution in [3.8, 4) is 0 Å². The summed E-state index contributed by atoms with van der Waals surface area (Å²) in [5.74, 6) is 0.